The summed E-state index contributed by atoms with van der Waals surface area (Å²) >= 11 is 2.00. The number of benzene rings is 1. The molecule has 1 aromatic carbocycles. The molecule has 2 rings (SSSR count). The van der Waals surface area contributed by atoms with Crippen LogP contribution in [0.15, 0.2) is 18.2 Å². The van der Waals surface area contributed by atoms with Crippen LogP contribution in [0.3, 0.4) is 0 Å². The maximum absolute atomic E-state index is 14.2. The maximum atomic E-state index is 14.2. The fourth-order valence-corrected chi connectivity index (χ4v) is 3.67. The number of hydrogen-bond acceptors (Lipinski definition) is 3. The Labute approximate surface area is 126 Å². The van der Waals surface area contributed by atoms with E-state index in [0.717, 1.165) is 23.5 Å². The Morgan fingerprint density at radius 3 is 2.85 bits per heavy atom. The lowest BCUT2D eigenvalue weighted by atomic mass is 10.1. The van der Waals surface area contributed by atoms with Gasteiger partial charge in [-0.25, -0.2) is 4.39 Å². The molecule has 4 heteroatoms. The maximum Gasteiger partial charge on any atom is 0.129 e. The molecule has 0 saturated carbocycles. The summed E-state index contributed by atoms with van der Waals surface area (Å²) in [6.07, 6.45) is 0. The molecule has 0 spiro atoms. The first-order valence-corrected chi connectivity index (χ1v) is 8.44. The van der Waals surface area contributed by atoms with Gasteiger partial charge in [0, 0.05) is 47.4 Å². The highest BCUT2D eigenvalue weighted by Gasteiger charge is 2.27. The molecule has 1 N–H and O–H groups in total. The summed E-state index contributed by atoms with van der Waals surface area (Å²) in [6.45, 7) is 10.2. The number of rotatable bonds is 4. The SMILES string of the molecule is CC(C)NCc1c(F)cccc1N1CCSC(C)C1C. The number of anilines is 1. The first kappa shape index (κ1) is 15.6. The van der Waals surface area contributed by atoms with Gasteiger partial charge in [-0.2, -0.15) is 11.8 Å². The molecule has 1 heterocycles. The zero-order valence-electron chi connectivity index (χ0n) is 12.8. The van der Waals surface area contributed by atoms with E-state index in [1.165, 1.54) is 0 Å². The van der Waals surface area contributed by atoms with Gasteiger partial charge in [-0.1, -0.05) is 26.8 Å². The Kier molecular flexibility index (Phi) is 5.33. The van der Waals surface area contributed by atoms with Gasteiger partial charge in [0.1, 0.15) is 5.82 Å². The molecule has 0 bridgehead atoms. The fourth-order valence-electron chi connectivity index (χ4n) is 2.57. The first-order valence-electron chi connectivity index (χ1n) is 7.39. The van der Waals surface area contributed by atoms with Gasteiger partial charge in [0.25, 0.3) is 0 Å². The Bertz CT molecular complexity index is 450. The van der Waals surface area contributed by atoms with Crippen molar-refractivity contribution < 1.29 is 4.39 Å². The van der Waals surface area contributed by atoms with E-state index >= 15 is 0 Å². The molecule has 20 heavy (non-hydrogen) atoms. The molecular formula is C16H25FN2S. The lowest BCUT2D eigenvalue weighted by molar-refractivity contribution is 0.547. The highest BCUT2D eigenvalue weighted by Crippen LogP contribution is 2.32. The summed E-state index contributed by atoms with van der Waals surface area (Å²) in [5.41, 5.74) is 1.85. The standard InChI is InChI=1S/C16H25FN2S/c1-11(2)18-10-14-15(17)6-5-7-16(14)19-8-9-20-13(4)12(19)3/h5-7,11-13,18H,8-10H2,1-4H3. The summed E-state index contributed by atoms with van der Waals surface area (Å²) in [5.74, 6) is 1.01. The molecule has 2 atom stereocenters. The van der Waals surface area contributed by atoms with Gasteiger partial charge in [-0.15, -0.1) is 0 Å². The third-order valence-corrected chi connectivity index (χ3v) is 5.31. The molecule has 2 nitrogen and oxygen atoms in total. The summed E-state index contributed by atoms with van der Waals surface area (Å²) in [6, 6.07) is 6.24. The first-order chi connectivity index (χ1) is 9.50. The van der Waals surface area contributed by atoms with Gasteiger partial charge in [0.15, 0.2) is 0 Å². The number of halogens is 1. The second-order valence-electron chi connectivity index (χ2n) is 5.78. The minimum atomic E-state index is -0.103. The van der Waals surface area contributed by atoms with Crippen molar-refractivity contribution in [2.75, 3.05) is 17.2 Å². The third-order valence-electron chi connectivity index (χ3n) is 3.97. The van der Waals surface area contributed by atoms with E-state index in [0.29, 0.717) is 23.9 Å². The molecule has 112 valence electrons. The van der Waals surface area contributed by atoms with E-state index in [9.17, 15) is 4.39 Å². The Balaban J connectivity index is 2.28. The monoisotopic (exact) mass is 296 g/mol. The van der Waals surface area contributed by atoms with Gasteiger partial charge in [-0.05, 0) is 19.1 Å². The van der Waals surface area contributed by atoms with Gasteiger partial charge in [0.05, 0.1) is 0 Å². The second-order valence-corrected chi connectivity index (χ2v) is 7.27. The van der Waals surface area contributed by atoms with Crippen LogP contribution in [-0.4, -0.2) is 29.6 Å². The van der Waals surface area contributed by atoms with E-state index in [1.54, 1.807) is 6.07 Å². The Morgan fingerprint density at radius 2 is 2.15 bits per heavy atom. The van der Waals surface area contributed by atoms with Crippen LogP contribution in [-0.2, 0) is 6.54 Å². The smallest absolute Gasteiger partial charge is 0.129 e. The van der Waals surface area contributed by atoms with Crippen molar-refractivity contribution in [3.63, 3.8) is 0 Å². The van der Waals surface area contributed by atoms with Gasteiger partial charge < -0.3 is 10.2 Å². The number of hydrogen-bond donors (Lipinski definition) is 1. The van der Waals surface area contributed by atoms with E-state index in [2.05, 4.69) is 44.0 Å². The van der Waals surface area contributed by atoms with Crippen molar-refractivity contribution in [1.29, 1.82) is 0 Å². The Hall–Kier alpha value is -0.740. The molecule has 0 aliphatic carbocycles. The van der Waals surface area contributed by atoms with Gasteiger partial charge >= 0.3 is 0 Å². The van der Waals surface area contributed by atoms with Gasteiger partial charge in [-0.3, -0.25) is 0 Å². The van der Waals surface area contributed by atoms with Crippen molar-refractivity contribution in [2.24, 2.45) is 0 Å². The lowest BCUT2D eigenvalue weighted by Gasteiger charge is -2.40. The summed E-state index contributed by atoms with van der Waals surface area (Å²) in [4.78, 5) is 2.36. The predicted molar refractivity (Wildman–Crippen MR) is 87.1 cm³/mol. The van der Waals surface area contributed by atoms with E-state index < -0.39 is 0 Å². The van der Waals surface area contributed by atoms with Gasteiger partial charge in [0.2, 0.25) is 0 Å². The van der Waals surface area contributed by atoms with Crippen LogP contribution in [0.1, 0.15) is 33.3 Å². The normalized spacial score (nSPS) is 23.4. The molecule has 1 fully saturated rings. The van der Waals surface area contributed by atoms with Crippen molar-refractivity contribution >= 4 is 17.4 Å². The largest absolute Gasteiger partial charge is 0.367 e. The molecule has 2 unspecified atom stereocenters. The van der Waals surface area contributed by atoms with Crippen LogP contribution in [0.25, 0.3) is 0 Å². The number of thioether (sulfide) groups is 1. The zero-order valence-corrected chi connectivity index (χ0v) is 13.6. The van der Waals surface area contributed by atoms with Crippen LogP contribution >= 0.6 is 11.8 Å². The van der Waals surface area contributed by atoms with Crippen LogP contribution in [0.2, 0.25) is 0 Å². The zero-order chi connectivity index (χ0) is 14.7. The third kappa shape index (κ3) is 3.47. The van der Waals surface area contributed by atoms with Crippen molar-refractivity contribution in [2.45, 2.75) is 51.6 Å². The van der Waals surface area contributed by atoms with Crippen LogP contribution in [0.4, 0.5) is 10.1 Å². The second kappa shape index (κ2) is 6.81. The quantitative estimate of drug-likeness (QED) is 0.913. The Morgan fingerprint density at radius 1 is 1.40 bits per heavy atom. The molecule has 0 radical (unpaired) electrons. The van der Waals surface area contributed by atoms with Crippen molar-refractivity contribution in [3.8, 4) is 0 Å². The molecular weight excluding hydrogens is 271 g/mol. The molecule has 1 aromatic rings. The molecule has 1 saturated heterocycles. The number of nitrogens with zero attached hydrogens (tertiary/aromatic N) is 1. The average Bonchev–Trinajstić information content (AvgIpc) is 2.40. The predicted octanol–water partition coefficient (Wildman–Crippen LogP) is 3.65. The average molecular weight is 296 g/mol. The minimum Gasteiger partial charge on any atom is -0.367 e. The highest BCUT2D eigenvalue weighted by molar-refractivity contribution is 8.00. The molecule has 0 aromatic heterocycles. The molecule has 0 amide bonds. The minimum absolute atomic E-state index is 0.103. The van der Waals surface area contributed by atoms with E-state index in [4.69, 9.17) is 0 Å². The molecule has 1 aliphatic heterocycles. The highest BCUT2D eigenvalue weighted by atomic mass is 32.2. The summed E-state index contributed by atoms with van der Waals surface area (Å²) in [7, 11) is 0. The van der Waals surface area contributed by atoms with Crippen molar-refractivity contribution in [1.82, 2.24) is 5.32 Å². The van der Waals surface area contributed by atoms with E-state index in [-0.39, 0.29) is 5.82 Å². The topological polar surface area (TPSA) is 15.3 Å². The van der Waals surface area contributed by atoms with Crippen LogP contribution in [0.5, 0.6) is 0 Å². The van der Waals surface area contributed by atoms with Crippen LogP contribution in [0, 0.1) is 5.82 Å². The van der Waals surface area contributed by atoms with Crippen LogP contribution < -0.4 is 10.2 Å². The molecule has 1 aliphatic rings. The summed E-state index contributed by atoms with van der Waals surface area (Å²) in [5, 5.41) is 3.92. The lowest BCUT2D eigenvalue weighted by Crippen LogP contribution is -2.45. The van der Waals surface area contributed by atoms with E-state index in [1.807, 2.05) is 17.8 Å². The fraction of sp³-hybridized carbons (Fsp3) is 0.625. The number of nitrogens with one attached hydrogen (secondary N) is 1. The summed E-state index contributed by atoms with van der Waals surface area (Å²) < 4.78 is 14.2. The van der Waals surface area contributed by atoms with Crippen molar-refractivity contribution in [3.05, 3.63) is 29.6 Å².